The molecule has 10 heteroatoms. The van der Waals surface area contributed by atoms with Crippen LogP contribution in [0.4, 0.5) is 0 Å². The van der Waals surface area contributed by atoms with Crippen LogP contribution in [-0.4, -0.2) is 86.0 Å². The largest absolute Gasteiger partial charge is 0.382 e. The molecule has 0 spiro atoms. The third kappa shape index (κ3) is 2.57. The Morgan fingerprint density at radius 3 is 1.64 bits per heavy atom. The lowest BCUT2D eigenvalue weighted by Gasteiger charge is -2.57. The molecule has 0 bridgehead atoms. The van der Waals surface area contributed by atoms with E-state index in [1.807, 2.05) is 0 Å². The van der Waals surface area contributed by atoms with E-state index in [4.69, 9.17) is 9.47 Å². The fourth-order valence-electron chi connectivity index (χ4n) is 3.15. The van der Waals surface area contributed by atoms with Gasteiger partial charge in [0.05, 0.1) is 0 Å². The number of Topliss-reactive ketones (excluding diaryl/α,β-unsaturated/α-hetero) is 4. The van der Waals surface area contributed by atoms with Gasteiger partial charge in [0, 0.05) is 7.11 Å². The van der Waals surface area contributed by atoms with Crippen molar-refractivity contribution in [1.29, 1.82) is 0 Å². The molecule has 142 valence electrons. The molecule has 0 aromatic heterocycles. The van der Waals surface area contributed by atoms with Crippen molar-refractivity contribution in [3.05, 3.63) is 0 Å². The molecular formula is C15H22O10. The first-order valence-electron chi connectivity index (χ1n) is 7.31. The number of carbonyl (C=O) groups is 4. The maximum atomic E-state index is 12.2. The summed E-state index contributed by atoms with van der Waals surface area (Å²) in [5.74, 6) is -4.88. The molecule has 1 aliphatic rings. The van der Waals surface area contributed by atoms with Crippen LogP contribution in [0, 0.1) is 0 Å². The van der Waals surface area contributed by atoms with Gasteiger partial charge < -0.3 is 29.9 Å². The summed E-state index contributed by atoms with van der Waals surface area (Å²) in [6, 6.07) is 0. The monoisotopic (exact) mass is 362 g/mol. The first kappa shape index (κ1) is 21.5. The summed E-state index contributed by atoms with van der Waals surface area (Å²) < 4.78 is 9.91. The Balaban J connectivity index is 3.91. The molecule has 6 atom stereocenters. The Bertz CT molecular complexity index is 615. The number of hydrogen-bond acceptors (Lipinski definition) is 10. The van der Waals surface area contributed by atoms with Crippen molar-refractivity contribution in [2.75, 3.05) is 7.11 Å². The normalized spacial score (nSPS) is 39.6. The topological polar surface area (TPSA) is 168 Å². The van der Waals surface area contributed by atoms with Crippen molar-refractivity contribution < 1.29 is 49.1 Å². The number of aliphatic hydroxyl groups excluding tert-OH is 1. The Kier molecular flexibility index (Phi) is 5.70. The fraction of sp³-hybridized carbons (Fsp3) is 0.733. The van der Waals surface area contributed by atoms with Gasteiger partial charge in [-0.3, -0.25) is 19.2 Å². The van der Waals surface area contributed by atoms with Crippen molar-refractivity contribution in [3.63, 3.8) is 0 Å². The molecule has 10 nitrogen and oxygen atoms in total. The molecule has 1 saturated heterocycles. The van der Waals surface area contributed by atoms with Crippen LogP contribution >= 0.6 is 0 Å². The van der Waals surface area contributed by atoms with Gasteiger partial charge in [-0.25, -0.2) is 0 Å². The van der Waals surface area contributed by atoms with E-state index in [1.165, 1.54) is 0 Å². The van der Waals surface area contributed by atoms with Gasteiger partial charge in [0.1, 0.15) is 12.2 Å². The lowest BCUT2D eigenvalue weighted by Crippen LogP contribution is -2.87. The fourth-order valence-corrected chi connectivity index (χ4v) is 3.15. The Morgan fingerprint density at radius 1 is 0.920 bits per heavy atom. The Morgan fingerprint density at radius 2 is 1.36 bits per heavy atom. The highest BCUT2D eigenvalue weighted by atomic mass is 16.7. The molecule has 25 heavy (non-hydrogen) atoms. The van der Waals surface area contributed by atoms with E-state index in [0.29, 0.717) is 0 Å². The number of ether oxygens (including phenoxy) is 2. The zero-order valence-electron chi connectivity index (χ0n) is 14.5. The van der Waals surface area contributed by atoms with Gasteiger partial charge in [-0.1, -0.05) is 0 Å². The van der Waals surface area contributed by atoms with Gasteiger partial charge in [-0.2, -0.15) is 0 Å². The summed E-state index contributed by atoms with van der Waals surface area (Å²) in [4.78, 5) is 48.0. The van der Waals surface area contributed by atoms with Crippen LogP contribution in [0.2, 0.25) is 0 Å². The predicted molar refractivity (Wildman–Crippen MR) is 79.3 cm³/mol. The molecule has 1 heterocycles. The minimum absolute atomic E-state index is 0.719. The van der Waals surface area contributed by atoms with Crippen molar-refractivity contribution in [2.24, 2.45) is 0 Å². The third-order valence-electron chi connectivity index (χ3n) is 4.63. The quantitative estimate of drug-likeness (QED) is 0.389. The first-order valence-corrected chi connectivity index (χ1v) is 7.31. The van der Waals surface area contributed by atoms with E-state index >= 15 is 0 Å². The average Bonchev–Trinajstić information content (AvgIpc) is 2.51. The molecule has 1 aliphatic heterocycles. The predicted octanol–water partition coefficient (Wildman–Crippen LogP) is -2.73. The van der Waals surface area contributed by atoms with E-state index < -0.39 is 58.4 Å². The van der Waals surface area contributed by atoms with E-state index in [-0.39, 0.29) is 0 Å². The summed E-state index contributed by atoms with van der Waals surface area (Å²) in [6.07, 6.45) is -6.40. The molecule has 1 unspecified atom stereocenters. The maximum absolute atomic E-state index is 12.2. The molecule has 1 rings (SSSR count). The number of aliphatic hydroxyl groups is 4. The van der Waals surface area contributed by atoms with Crippen molar-refractivity contribution >= 4 is 23.1 Å². The molecule has 0 aromatic carbocycles. The number of ketones is 4. The average molecular weight is 362 g/mol. The molecule has 0 aliphatic carbocycles. The first-order chi connectivity index (χ1) is 11.2. The van der Waals surface area contributed by atoms with Gasteiger partial charge in [-0.05, 0) is 27.7 Å². The molecular weight excluding hydrogens is 340 g/mol. The van der Waals surface area contributed by atoms with Gasteiger partial charge in [-0.15, -0.1) is 0 Å². The third-order valence-corrected chi connectivity index (χ3v) is 4.63. The zero-order chi connectivity index (χ0) is 20.0. The Labute approximate surface area is 143 Å². The maximum Gasteiger partial charge on any atom is 0.213 e. The number of methoxy groups -OCH3 is 1. The SMILES string of the molecule is CO[C@H]1O[C@H](C(O)C(C)=O)[C@](O)(C(C)=O)[C@](O)(C(C)=O)[C@]1(O)C(C)=O. The van der Waals surface area contributed by atoms with Gasteiger partial charge in [0.2, 0.25) is 11.2 Å². The summed E-state index contributed by atoms with van der Waals surface area (Å²) >= 11 is 0. The molecule has 1 fully saturated rings. The van der Waals surface area contributed by atoms with Gasteiger partial charge in [0.15, 0.2) is 35.0 Å². The smallest absolute Gasteiger partial charge is 0.213 e. The molecule has 0 saturated carbocycles. The summed E-state index contributed by atoms with van der Waals surface area (Å²) in [7, 11) is 0.953. The highest BCUT2D eigenvalue weighted by Crippen LogP contribution is 2.47. The second-order valence-electron chi connectivity index (χ2n) is 6.09. The summed E-state index contributed by atoms with van der Waals surface area (Å²) in [6.45, 7) is 3.16. The highest BCUT2D eigenvalue weighted by molar-refractivity contribution is 6.05. The van der Waals surface area contributed by atoms with Crippen molar-refractivity contribution in [3.8, 4) is 0 Å². The van der Waals surface area contributed by atoms with Gasteiger partial charge in [0.25, 0.3) is 0 Å². The highest BCUT2D eigenvalue weighted by Gasteiger charge is 2.79. The van der Waals surface area contributed by atoms with Crippen LogP contribution in [0.25, 0.3) is 0 Å². The lowest BCUT2D eigenvalue weighted by atomic mass is 9.60. The Hall–Kier alpha value is -1.56. The van der Waals surface area contributed by atoms with Crippen LogP contribution in [0.15, 0.2) is 0 Å². The van der Waals surface area contributed by atoms with E-state index in [0.717, 1.165) is 34.8 Å². The second-order valence-corrected chi connectivity index (χ2v) is 6.09. The van der Waals surface area contributed by atoms with Crippen LogP contribution in [-0.2, 0) is 28.7 Å². The second kappa shape index (κ2) is 6.63. The number of carbonyl (C=O) groups excluding carboxylic acids is 4. The zero-order valence-corrected chi connectivity index (χ0v) is 14.5. The van der Waals surface area contributed by atoms with Crippen LogP contribution in [0.3, 0.4) is 0 Å². The number of hydrogen-bond donors (Lipinski definition) is 4. The number of rotatable bonds is 6. The molecule has 0 amide bonds. The molecule has 4 N–H and O–H groups in total. The molecule has 0 aromatic rings. The van der Waals surface area contributed by atoms with Crippen LogP contribution in [0.1, 0.15) is 27.7 Å². The lowest BCUT2D eigenvalue weighted by molar-refractivity contribution is -0.368. The van der Waals surface area contributed by atoms with Gasteiger partial charge >= 0.3 is 0 Å². The van der Waals surface area contributed by atoms with Crippen LogP contribution in [0.5, 0.6) is 0 Å². The summed E-state index contributed by atoms with van der Waals surface area (Å²) in [5, 5.41) is 42.7. The van der Waals surface area contributed by atoms with E-state index in [2.05, 4.69) is 0 Å². The summed E-state index contributed by atoms with van der Waals surface area (Å²) in [5.41, 5.74) is -9.93. The minimum atomic E-state index is -3.45. The van der Waals surface area contributed by atoms with Crippen LogP contribution < -0.4 is 0 Å². The minimum Gasteiger partial charge on any atom is -0.382 e. The van der Waals surface area contributed by atoms with Crippen molar-refractivity contribution in [1.82, 2.24) is 0 Å². The van der Waals surface area contributed by atoms with E-state index in [1.54, 1.807) is 0 Å². The van der Waals surface area contributed by atoms with Crippen molar-refractivity contribution in [2.45, 2.75) is 63.0 Å². The standard InChI is InChI=1S/C15H22O10/c1-6(16)10(20)11-13(21,7(2)17)15(23,9(4)19)14(22,8(3)18)12(24-5)25-11/h10-12,20-23H,1-5H3/t10?,11-,12+,13-,14+,15-/m1/s1. The molecule has 0 radical (unpaired) electrons. The van der Waals surface area contributed by atoms with E-state index in [9.17, 15) is 39.6 Å².